The second-order valence-electron chi connectivity index (χ2n) is 6.85. The fraction of sp³-hybridized carbons (Fsp3) is 0.0476. The minimum atomic E-state index is -0.276. The van der Waals surface area contributed by atoms with Crippen molar-refractivity contribution in [2.45, 2.75) is 6.54 Å². The van der Waals surface area contributed by atoms with E-state index in [-0.39, 0.29) is 6.03 Å². The Labute approximate surface area is 191 Å². The third kappa shape index (κ3) is 4.24. The molecule has 5 rings (SSSR count). The molecule has 0 spiro atoms. The number of fused-ring (bicyclic) bond motifs is 1. The first kappa shape index (κ1) is 20.0. The third-order valence-corrected chi connectivity index (χ3v) is 5.94. The number of anilines is 2. The van der Waals surface area contributed by atoms with Crippen LogP contribution in [0.3, 0.4) is 0 Å². The predicted molar refractivity (Wildman–Crippen MR) is 126 cm³/mol. The summed E-state index contributed by atoms with van der Waals surface area (Å²) in [6.07, 6.45) is 1.71. The van der Waals surface area contributed by atoms with Crippen molar-refractivity contribution in [2.24, 2.45) is 0 Å². The van der Waals surface area contributed by atoms with Crippen molar-refractivity contribution < 1.29 is 4.79 Å². The van der Waals surface area contributed by atoms with Gasteiger partial charge in [-0.2, -0.15) is 5.21 Å². The molecule has 0 fully saturated rings. The van der Waals surface area contributed by atoms with Crippen LogP contribution in [0.2, 0.25) is 0 Å². The third-order valence-electron chi connectivity index (χ3n) is 4.75. The number of carbonyl (C=O) groups is 1. The molecule has 0 aliphatic carbocycles. The van der Waals surface area contributed by atoms with Crippen molar-refractivity contribution in [1.29, 1.82) is 0 Å². The van der Waals surface area contributed by atoms with Crippen molar-refractivity contribution in [1.82, 2.24) is 30.6 Å². The van der Waals surface area contributed by atoms with E-state index in [2.05, 4.69) is 35.9 Å². The molecular formula is C21H16N8OS2. The monoisotopic (exact) mass is 460 g/mol. The Morgan fingerprint density at radius 1 is 1.12 bits per heavy atom. The minimum absolute atomic E-state index is 0.276. The van der Waals surface area contributed by atoms with Crippen LogP contribution < -0.4 is 10.2 Å². The van der Waals surface area contributed by atoms with E-state index in [0.29, 0.717) is 22.0 Å². The maximum absolute atomic E-state index is 13.3. The number of hydrogen-bond acceptors (Lipinski definition) is 7. The minimum Gasteiger partial charge on any atom is -0.337 e. The van der Waals surface area contributed by atoms with Crippen LogP contribution in [-0.4, -0.2) is 36.6 Å². The van der Waals surface area contributed by atoms with Gasteiger partial charge in [0.25, 0.3) is 0 Å². The number of amides is 2. The van der Waals surface area contributed by atoms with Crippen LogP contribution in [0.4, 0.5) is 16.2 Å². The number of nitrogens with one attached hydrogen (secondary N) is 3. The second-order valence-corrected chi connectivity index (χ2v) is 8.56. The van der Waals surface area contributed by atoms with E-state index in [9.17, 15) is 4.79 Å². The average molecular weight is 461 g/mol. The molecule has 0 radical (unpaired) electrons. The Balaban J connectivity index is 1.43. The maximum atomic E-state index is 13.3. The van der Waals surface area contributed by atoms with Gasteiger partial charge in [-0.15, -0.1) is 21.5 Å². The van der Waals surface area contributed by atoms with Gasteiger partial charge in [0.15, 0.2) is 3.95 Å². The number of aromatic nitrogens is 6. The molecule has 0 bridgehead atoms. The number of carbonyl (C=O) groups excluding carboxylic acids is 1. The number of thiazole rings is 1. The van der Waals surface area contributed by atoms with Crippen LogP contribution in [0.1, 0.15) is 5.69 Å². The summed E-state index contributed by atoms with van der Waals surface area (Å²) in [5.74, 6) is 0.488. The molecule has 3 heterocycles. The molecule has 5 aromatic rings. The smallest absolute Gasteiger partial charge is 0.326 e. The first-order chi connectivity index (χ1) is 15.7. The number of benzene rings is 2. The van der Waals surface area contributed by atoms with Crippen molar-refractivity contribution in [3.8, 4) is 11.4 Å². The zero-order chi connectivity index (χ0) is 21.9. The first-order valence-corrected chi connectivity index (χ1v) is 10.8. The Hall–Kier alpha value is -3.96. The number of H-pyrrole nitrogens is 2. The summed E-state index contributed by atoms with van der Waals surface area (Å²) in [6, 6.07) is 18.4. The Morgan fingerprint density at radius 3 is 2.75 bits per heavy atom. The molecule has 3 N–H and O–H groups in total. The van der Waals surface area contributed by atoms with Gasteiger partial charge in [0.1, 0.15) is 0 Å². The van der Waals surface area contributed by atoms with E-state index in [4.69, 9.17) is 12.2 Å². The zero-order valence-corrected chi connectivity index (χ0v) is 18.2. The summed E-state index contributed by atoms with van der Waals surface area (Å²) >= 11 is 6.72. The van der Waals surface area contributed by atoms with E-state index >= 15 is 0 Å². The molecule has 0 saturated carbocycles. The molecule has 2 aromatic carbocycles. The van der Waals surface area contributed by atoms with Crippen molar-refractivity contribution in [3.63, 3.8) is 0 Å². The van der Waals surface area contributed by atoms with E-state index in [1.165, 1.54) is 11.3 Å². The Bertz CT molecular complexity index is 1410. The number of urea groups is 1. The summed E-state index contributed by atoms with van der Waals surface area (Å²) in [5.41, 5.74) is 3.90. The van der Waals surface area contributed by atoms with E-state index in [0.717, 1.165) is 27.2 Å². The van der Waals surface area contributed by atoms with E-state index in [1.54, 1.807) is 23.2 Å². The average Bonchev–Trinajstić information content (AvgIpc) is 3.47. The van der Waals surface area contributed by atoms with Crippen molar-refractivity contribution in [3.05, 3.63) is 76.5 Å². The Kier molecular flexibility index (Phi) is 5.40. The van der Waals surface area contributed by atoms with Gasteiger partial charge in [-0.25, -0.2) is 4.79 Å². The number of tetrazole rings is 1. The summed E-state index contributed by atoms with van der Waals surface area (Å²) in [7, 11) is 0. The first-order valence-electron chi connectivity index (χ1n) is 9.61. The summed E-state index contributed by atoms with van der Waals surface area (Å²) in [4.78, 5) is 22.5. The molecule has 3 aromatic heterocycles. The molecule has 0 atom stereocenters. The highest BCUT2D eigenvalue weighted by molar-refractivity contribution is 7.73. The molecular weight excluding hydrogens is 444 g/mol. The lowest BCUT2D eigenvalue weighted by Crippen LogP contribution is -2.34. The van der Waals surface area contributed by atoms with Gasteiger partial charge in [0, 0.05) is 23.1 Å². The number of rotatable bonds is 5. The van der Waals surface area contributed by atoms with Crippen LogP contribution >= 0.6 is 23.6 Å². The molecule has 158 valence electrons. The fourth-order valence-corrected chi connectivity index (χ4v) is 4.36. The fourth-order valence-electron chi connectivity index (χ4n) is 3.21. The lowest BCUT2D eigenvalue weighted by molar-refractivity contribution is 0.256. The molecule has 0 unspecified atom stereocenters. The topological polar surface area (TPSA) is 115 Å². The highest BCUT2D eigenvalue weighted by atomic mass is 32.1. The summed E-state index contributed by atoms with van der Waals surface area (Å²) in [6.45, 7) is 0.314. The largest absolute Gasteiger partial charge is 0.337 e. The van der Waals surface area contributed by atoms with Gasteiger partial charge < -0.3 is 10.3 Å². The molecule has 2 amide bonds. The molecule has 11 heteroatoms. The molecule has 0 aliphatic rings. The zero-order valence-electron chi connectivity index (χ0n) is 16.5. The summed E-state index contributed by atoms with van der Waals surface area (Å²) in [5, 5.41) is 16.9. The van der Waals surface area contributed by atoms with Gasteiger partial charge in [-0.3, -0.25) is 9.88 Å². The number of hydrogen-bond donors (Lipinski definition) is 3. The van der Waals surface area contributed by atoms with E-state index < -0.39 is 0 Å². The van der Waals surface area contributed by atoms with Gasteiger partial charge in [-0.1, -0.05) is 6.07 Å². The molecule has 32 heavy (non-hydrogen) atoms. The van der Waals surface area contributed by atoms with Gasteiger partial charge in [-0.05, 0) is 72.0 Å². The molecule has 0 aliphatic heterocycles. The van der Waals surface area contributed by atoms with E-state index in [1.807, 2.05) is 48.5 Å². The van der Waals surface area contributed by atoms with Gasteiger partial charge in [0.05, 0.1) is 22.5 Å². The van der Waals surface area contributed by atoms with Crippen LogP contribution in [0.5, 0.6) is 0 Å². The quantitative estimate of drug-likeness (QED) is 0.325. The van der Waals surface area contributed by atoms with Crippen molar-refractivity contribution >= 4 is 51.2 Å². The normalized spacial score (nSPS) is 10.9. The van der Waals surface area contributed by atoms with Crippen LogP contribution in [0.15, 0.2) is 66.9 Å². The summed E-state index contributed by atoms with van der Waals surface area (Å²) < 4.78 is 1.68. The van der Waals surface area contributed by atoms with Crippen molar-refractivity contribution in [2.75, 3.05) is 10.2 Å². The second kappa shape index (κ2) is 8.65. The molecule has 9 nitrogen and oxygen atoms in total. The lowest BCUT2D eigenvalue weighted by atomic mass is 10.2. The van der Waals surface area contributed by atoms with Gasteiger partial charge in [0.2, 0.25) is 5.82 Å². The van der Waals surface area contributed by atoms with Crippen LogP contribution in [-0.2, 0) is 6.54 Å². The highest BCUT2D eigenvalue weighted by Gasteiger charge is 2.18. The SMILES string of the molecule is O=C(Nc1ccc(-c2nn[nH]n2)cc1)N(Cc1ccccn1)c1ccc2[nH]c(=S)sc2c1. The number of nitrogens with zero attached hydrogens (tertiary/aromatic N) is 5. The van der Waals surface area contributed by atoms with Crippen LogP contribution in [0.25, 0.3) is 21.6 Å². The Morgan fingerprint density at radius 2 is 2.00 bits per heavy atom. The lowest BCUT2D eigenvalue weighted by Gasteiger charge is -2.23. The van der Waals surface area contributed by atoms with Gasteiger partial charge >= 0.3 is 6.03 Å². The number of pyridine rings is 1. The predicted octanol–water partition coefficient (Wildman–Crippen LogP) is 4.77. The highest BCUT2D eigenvalue weighted by Crippen LogP contribution is 2.27. The van der Waals surface area contributed by atoms with Crippen LogP contribution in [0, 0.1) is 3.95 Å². The number of aromatic amines is 2. The molecule has 0 saturated heterocycles. The maximum Gasteiger partial charge on any atom is 0.326 e. The standard InChI is InChI=1S/C21H16N8OS2/c30-20(23-14-6-4-13(5-7-14)19-25-27-28-26-19)29(12-15-3-1-2-10-22-15)16-8-9-17-18(11-16)32-21(31)24-17/h1-11H,12H2,(H,23,30)(H,24,31)(H,25,26,27,28).